The molecule has 4 rings (SSSR count). The number of imidazole rings is 1. The molecule has 6 heteroatoms. The number of hydrogen-bond donors (Lipinski definition) is 2. The summed E-state index contributed by atoms with van der Waals surface area (Å²) in [5.41, 5.74) is 5.31. The molecule has 0 radical (unpaired) electrons. The number of nitrogens with zero attached hydrogens (tertiary/aromatic N) is 2. The zero-order chi connectivity index (χ0) is 19.1. The van der Waals surface area contributed by atoms with Gasteiger partial charge in [-0.25, -0.2) is 4.98 Å². The van der Waals surface area contributed by atoms with E-state index >= 15 is 0 Å². The van der Waals surface area contributed by atoms with Crippen LogP contribution in [0.5, 0.6) is 0 Å². The first-order valence-electron chi connectivity index (χ1n) is 9.73. The van der Waals surface area contributed by atoms with Crippen molar-refractivity contribution in [2.75, 3.05) is 5.32 Å². The van der Waals surface area contributed by atoms with E-state index in [-0.39, 0.29) is 17.9 Å². The van der Waals surface area contributed by atoms with Crippen LogP contribution in [0.1, 0.15) is 69.2 Å². The molecule has 1 aliphatic heterocycles. The smallest absolute Gasteiger partial charge is 0.287 e. The third kappa shape index (κ3) is 3.48. The topological polar surface area (TPSA) is 76.0 Å². The fourth-order valence-electron chi connectivity index (χ4n) is 3.93. The van der Waals surface area contributed by atoms with Crippen LogP contribution in [0.2, 0.25) is 0 Å². The van der Waals surface area contributed by atoms with Crippen molar-refractivity contribution >= 4 is 17.5 Å². The number of rotatable bonds is 4. The van der Waals surface area contributed by atoms with Crippen LogP contribution >= 0.6 is 0 Å². The number of carbonyl (C=O) groups excluding carboxylic acids is 2. The van der Waals surface area contributed by atoms with Crippen LogP contribution in [0.15, 0.2) is 12.1 Å². The van der Waals surface area contributed by atoms with Gasteiger partial charge in [0, 0.05) is 18.3 Å². The van der Waals surface area contributed by atoms with Gasteiger partial charge < -0.3 is 15.2 Å². The van der Waals surface area contributed by atoms with Crippen LogP contribution < -0.4 is 10.6 Å². The molecular formula is C21H26N4O2. The zero-order valence-corrected chi connectivity index (χ0v) is 16.2. The summed E-state index contributed by atoms with van der Waals surface area (Å²) in [5, 5.41) is 6.02. The van der Waals surface area contributed by atoms with Gasteiger partial charge in [-0.3, -0.25) is 9.59 Å². The third-order valence-corrected chi connectivity index (χ3v) is 5.36. The maximum atomic E-state index is 13.0. The predicted octanol–water partition coefficient (Wildman–Crippen LogP) is 3.29. The number of amides is 2. The Balaban J connectivity index is 1.65. The average Bonchev–Trinajstić information content (AvgIpc) is 3.34. The van der Waals surface area contributed by atoms with Gasteiger partial charge in [-0.1, -0.05) is 17.7 Å². The van der Waals surface area contributed by atoms with Crippen molar-refractivity contribution in [1.29, 1.82) is 0 Å². The average molecular weight is 366 g/mol. The highest BCUT2D eigenvalue weighted by Gasteiger charge is 2.30. The van der Waals surface area contributed by atoms with E-state index in [9.17, 15) is 9.59 Å². The molecule has 6 nitrogen and oxygen atoms in total. The van der Waals surface area contributed by atoms with Crippen LogP contribution in [0, 0.1) is 20.8 Å². The van der Waals surface area contributed by atoms with Crippen molar-refractivity contribution in [3.05, 3.63) is 46.0 Å². The van der Waals surface area contributed by atoms with E-state index in [4.69, 9.17) is 0 Å². The summed E-state index contributed by atoms with van der Waals surface area (Å²) in [6.07, 6.45) is 4.85. The van der Waals surface area contributed by atoms with E-state index in [2.05, 4.69) is 27.8 Å². The molecule has 0 bridgehead atoms. The molecule has 1 fully saturated rings. The van der Waals surface area contributed by atoms with Crippen molar-refractivity contribution in [1.82, 2.24) is 14.9 Å². The van der Waals surface area contributed by atoms with E-state index < -0.39 is 0 Å². The first-order chi connectivity index (χ1) is 12.9. The van der Waals surface area contributed by atoms with Gasteiger partial charge in [0.25, 0.3) is 11.8 Å². The minimum Gasteiger partial charge on any atom is -0.347 e. The lowest BCUT2D eigenvalue weighted by Gasteiger charge is -2.17. The Morgan fingerprint density at radius 3 is 2.44 bits per heavy atom. The summed E-state index contributed by atoms with van der Waals surface area (Å²) in [4.78, 5) is 30.1. The number of benzene rings is 1. The molecule has 142 valence electrons. The number of nitrogens with one attached hydrogen (secondary N) is 2. The Hall–Kier alpha value is -2.63. The second kappa shape index (κ2) is 6.83. The van der Waals surface area contributed by atoms with Gasteiger partial charge in [0.05, 0.1) is 5.69 Å². The van der Waals surface area contributed by atoms with Crippen molar-refractivity contribution < 1.29 is 9.59 Å². The Labute approximate surface area is 159 Å². The molecule has 0 spiro atoms. The zero-order valence-electron chi connectivity index (χ0n) is 16.2. The minimum atomic E-state index is -0.235. The van der Waals surface area contributed by atoms with Gasteiger partial charge in [-0.15, -0.1) is 0 Å². The molecule has 2 aromatic rings. The van der Waals surface area contributed by atoms with Crippen LogP contribution in [0.3, 0.4) is 0 Å². The summed E-state index contributed by atoms with van der Waals surface area (Å²) >= 11 is 0. The summed E-state index contributed by atoms with van der Waals surface area (Å²) in [6, 6.07) is 4.38. The molecule has 2 amide bonds. The predicted molar refractivity (Wildman–Crippen MR) is 104 cm³/mol. The Bertz CT molecular complexity index is 901. The normalized spacial score (nSPS) is 16.0. The van der Waals surface area contributed by atoms with Crippen LogP contribution in [0.4, 0.5) is 5.69 Å². The van der Waals surface area contributed by atoms with Gasteiger partial charge in [0.15, 0.2) is 11.5 Å². The molecular weight excluding hydrogens is 340 g/mol. The van der Waals surface area contributed by atoms with Crippen molar-refractivity contribution in [2.24, 2.45) is 0 Å². The van der Waals surface area contributed by atoms with Gasteiger partial charge in [0.1, 0.15) is 0 Å². The van der Waals surface area contributed by atoms with Crippen LogP contribution in [0.25, 0.3) is 0 Å². The van der Waals surface area contributed by atoms with E-state index in [1.54, 1.807) is 0 Å². The molecule has 1 aliphatic carbocycles. The summed E-state index contributed by atoms with van der Waals surface area (Å²) < 4.78 is 1.94. The second-order valence-electron chi connectivity index (χ2n) is 7.82. The number of fused-ring (bicyclic) bond motifs is 1. The first kappa shape index (κ1) is 17.8. The Morgan fingerprint density at radius 2 is 1.78 bits per heavy atom. The molecule has 27 heavy (non-hydrogen) atoms. The molecule has 1 aromatic carbocycles. The number of aromatic nitrogens is 2. The maximum absolute atomic E-state index is 13.0. The van der Waals surface area contributed by atoms with Crippen LogP contribution in [-0.2, 0) is 13.0 Å². The monoisotopic (exact) mass is 366 g/mol. The number of aryl methyl sites for hydroxylation is 3. The molecule has 0 unspecified atom stereocenters. The Kier molecular flexibility index (Phi) is 4.50. The number of carbonyl (C=O) groups is 2. The first-order valence-corrected chi connectivity index (χ1v) is 9.73. The van der Waals surface area contributed by atoms with Crippen molar-refractivity contribution in [3.63, 3.8) is 0 Å². The standard InChI is InChI=1S/C21H26N4O2/c1-12-10-13(2)17(14(3)11-12)24-20(26)18-16-6-4-5-9-25(16)19(23-18)21(27)22-15-7-8-15/h10-11,15H,4-9H2,1-3H3,(H,22,27)(H,24,26). The molecule has 2 N–H and O–H groups in total. The fourth-order valence-corrected chi connectivity index (χ4v) is 3.93. The van der Waals surface area contributed by atoms with Gasteiger partial charge >= 0.3 is 0 Å². The van der Waals surface area contributed by atoms with Crippen molar-refractivity contribution in [3.8, 4) is 0 Å². The van der Waals surface area contributed by atoms with E-state index in [0.717, 1.165) is 61.2 Å². The van der Waals surface area contributed by atoms with Gasteiger partial charge in [-0.2, -0.15) is 0 Å². The van der Waals surface area contributed by atoms with Gasteiger partial charge in [-0.05, 0) is 64.0 Å². The molecule has 2 aliphatic rings. The summed E-state index contributed by atoms with van der Waals surface area (Å²) in [5.74, 6) is -0.0253. The molecule has 0 atom stereocenters. The highest BCUT2D eigenvalue weighted by atomic mass is 16.2. The highest BCUT2D eigenvalue weighted by Crippen LogP contribution is 2.26. The van der Waals surface area contributed by atoms with E-state index in [1.165, 1.54) is 5.56 Å². The highest BCUT2D eigenvalue weighted by molar-refractivity contribution is 6.05. The van der Waals surface area contributed by atoms with E-state index in [0.29, 0.717) is 11.5 Å². The quantitative estimate of drug-likeness (QED) is 0.872. The largest absolute Gasteiger partial charge is 0.347 e. The molecule has 0 saturated heterocycles. The lowest BCUT2D eigenvalue weighted by atomic mass is 10.0. The second-order valence-corrected chi connectivity index (χ2v) is 7.82. The minimum absolute atomic E-state index is 0.164. The van der Waals surface area contributed by atoms with E-state index in [1.807, 2.05) is 25.3 Å². The number of anilines is 1. The lowest BCUT2D eigenvalue weighted by Crippen LogP contribution is -2.29. The lowest BCUT2D eigenvalue weighted by molar-refractivity contribution is 0.0935. The molecule has 1 aromatic heterocycles. The summed E-state index contributed by atoms with van der Waals surface area (Å²) in [6.45, 7) is 6.77. The number of hydrogen-bond acceptors (Lipinski definition) is 3. The Morgan fingerprint density at radius 1 is 1.07 bits per heavy atom. The maximum Gasteiger partial charge on any atom is 0.287 e. The summed E-state index contributed by atoms with van der Waals surface area (Å²) in [7, 11) is 0. The third-order valence-electron chi connectivity index (χ3n) is 5.36. The van der Waals surface area contributed by atoms with Gasteiger partial charge in [0.2, 0.25) is 0 Å². The SMILES string of the molecule is Cc1cc(C)c(NC(=O)c2nc(C(=O)NC3CC3)n3c2CCCC3)c(C)c1. The van der Waals surface area contributed by atoms with Crippen molar-refractivity contribution in [2.45, 2.75) is 65.5 Å². The molecule has 2 heterocycles. The molecule has 1 saturated carbocycles. The fraction of sp³-hybridized carbons (Fsp3) is 0.476. The van der Waals surface area contributed by atoms with Crippen LogP contribution in [-0.4, -0.2) is 27.4 Å².